The summed E-state index contributed by atoms with van der Waals surface area (Å²) in [6.45, 7) is 0. The predicted octanol–water partition coefficient (Wildman–Crippen LogP) is 6.09. The largest absolute Gasteiger partial charge is 0.480 e. The molecule has 0 spiro atoms. The van der Waals surface area contributed by atoms with Gasteiger partial charge in [0.1, 0.15) is 5.02 Å². The highest BCUT2D eigenvalue weighted by molar-refractivity contribution is 7.98. The second-order valence-corrected chi connectivity index (χ2v) is 7.33. The van der Waals surface area contributed by atoms with Gasteiger partial charge in [0.2, 0.25) is 5.88 Å². The minimum absolute atomic E-state index is 0.479. The van der Waals surface area contributed by atoms with Crippen LogP contribution < -0.4 is 4.74 Å². The summed E-state index contributed by atoms with van der Waals surface area (Å²) in [6.07, 6.45) is 9.63. The first kappa shape index (κ1) is 17.4. The van der Waals surface area contributed by atoms with Crippen molar-refractivity contribution in [1.82, 2.24) is 4.98 Å². The molecule has 1 aliphatic rings. The number of hydrogen-bond acceptors (Lipinski definition) is 3. The standard InChI is InChI=1S/C20H22ClNOS/c1-23-20-18(21)11-12-19(22-20)17(13-14-5-3-4-6-14)15-7-9-16(24-2)10-8-15/h7-14H,3-6H2,1-2H3/b17-13-. The molecule has 0 unspecified atom stereocenters. The minimum atomic E-state index is 0.479. The molecule has 2 aromatic rings. The van der Waals surface area contributed by atoms with E-state index in [4.69, 9.17) is 16.3 Å². The van der Waals surface area contributed by atoms with Crippen molar-refractivity contribution < 1.29 is 4.74 Å². The topological polar surface area (TPSA) is 22.1 Å². The van der Waals surface area contributed by atoms with E-state index in [0.29, 0.717) is 16.8 Å². The molecule has 0 radical (unpaired) electrons. The highest BCUT2D eigenvalue weighted by Crippen LogP contribution is 2.33. The SMILES string of the molecule is COc1nc(/C(=C\C2CCCC2)c2ccc(SC)cc2)ccc1Cl. The Morgan fingerprint density at radius 3 is 2.50 bits per heavy atom. The van der Waals surface area contributed by atoms with E-state index in [-0.39, 0.29) is 0 Å². The Labute approximate surface area is 153 Å². The molecular formula is C20H22ClNOS. The molecule has 1 heterocycles. The summed E-state index contributed by atoms with van der Waals surface area (Å²) in [5.41, 5.74) is 3.28. The molecule has 126 valence electrons. The van der Waals surface area contributed by atoms with Crippen molar-refractivity contribution in [2.45, 2.75) is 30.6 Å². The van der Waals surface area contributed by atoms with E-state index in [1.54, 1.807) is 18.9 Å². The summed E-state index contributed by atoms with van der Waals surface area (Å²) in [7, 11) is 1.60. The molecule has 0 bridgehead atoms. The number of benzene rings is 1. The maximum absolute atomic E-state index is 6.15. The summed E-state index contributed by atoms with van der Waals surface area (Å²) in [5.74, 6) is 1.11. The van der Waals surface area contributed by atoms with Gasteiger partial charge in [-0.05, 0) is 54.8 Å². The van der Waals surface area contributed by atoms with E-state index < -0.39 is 0 Å². The molecule has 0 saturated heterocycles. The van der Waals surface area contributed by atoms with Crippen molar-refractivity contribution in [1.29, 1.82) is 0 Å². The Morgan fingerprint density at radius 1 is 1.17 bits per heavy atom. The van der Waals surface area contributed by atoms with Crippen molar-refractivity contribution in [3.05, 3.63) is 58.8 Å². The van der Waals surface area contributed by atoms with Crippen molar-refractivity contribution >= 4 is 28.9 Å². The van der Waals surface area contributed by atoms with Crippen molar-refractivity contribution in [3.63, 3.8) is 0 Å². The van der Waals surface area contributed by atoms with E-state index in [1.807, 2.05) is 12.1 Å². The maximum Gasteiger partial charge on any atom is 0.232 e. The average Bonchev–Trinajstić information content (AvgIpc) is 3.14. The number of allylic oxidation sites excluding steroid dienone is 1. The molecule has 1 saturated carbocycles. The third kappa shape index (κ3) is 3.96. The summed E-state index contributed by atoms with van der Waals surface area (Å²) in [5, 5.41) is 0.541. The summed E-state index contributed by atoms with van der Waals surface area (Å²) >= 11 is 7.90. The lowest BCUT2D eigenvalue weighted by atomic mass is 9.96. The number of ether oxygens (including phenoxy) is 1. The number of nitrogens with zero attached hydrogens (tertiary/aromatic N) is 1. The second-order valence-electron chi connectivity index (χ2n) is 6.04. The minimum Gasteiger partial charge on any atom is -0.480 e. The van der Waals surface area contributed by atoms with Crippen molar-refractivity contribution in [3.8, 4) is 5.88 Å². The molecule has 1 aliphatic carbocycles. The Balaban J connectivity index is 2.03. The van der Waals surface area contributed by atoms with E-state index in [2.05, 4.69) is 41.6 Å². The lowest BCUT2D eigenvalue weighted by molar-refractivity contribution is 0.398. The summed E-state index contributed by atoms with van der Waals surface area (Å²) in [4.78, 5) is 5.89. The zero-order valence-corrected chi connectivity index (χ0v) is 15.7. The normalized spacial score (nSPS) is 15.7. The van der Waals surface area contributed by atoms with Gasteiger partial charge in [-0.1, -0.05) is 42.7 Å². The average molecular weight is 360 g/mol. The van der Waals surface area contributed by atoms with Crippen LogP contribution in [0, 0.1) is 5.92 Å². The fourth-order valence-electron chi connectivity index (χ4n) is 3.18. The van der Waals surface area contributed by atoms with Crippen LogP contribution in [0.2, 0.25) is 5.02 Å². The van der Waals surface area contributed by atoms with Gasteiger partial charge in [-0.3, -0.25) is 0 Å². The molecular weight excluding hydrogens is 338 g/mol. The first-order valence-electron chi connectivity index (χ1n) is 8.28. The highest BCUT2D eigenvalue weighted by atomic mass is 35.5. The predicted molar refractivity (Wildman–Crippen MR) is 103 cm³/mol. The van der Waals surface area contributed by atoms with Gasteiger partial charge >= 0.3 is 0 Å². The van der Waals surface area contributed by atoms with Crippen LogP contribution in [0.25, 0.3) is 5.57 Å². The van der Waals surface area contributed by atoms with Crippen LogP contribution >= 0.6 is 23.4 Å². The number of pyridine rings is 1. The molecule has 1 fully saturated rings. The molecule has 1 aromatic carbocycles. The van der Waals surface area contributed by atoms with E-state index >= 15 is 0 Å². The molecule has 2 nitrogen and oxygen atoms in total. The van der Waals surface area contributed by atoms with Crippen molar-refractivity contribution in [2.75, 3.05) is 13.4 Å². The molecule has 0 atom stereocenters. The summed E-state index contributed by atoms with van der Waals surface area (Å²) in [6, 6.07) is 12.5. The lowest BCUT2D eigenvalue weighted by Gasteiger charge is -2.13. The quantitative estimate of drug-likeness (QED) is 0.603. The smallest absolute Gasteiger partial charge is 0.232 e. The fraction of sp³-hybridized carbons (Fsp3) is 0.350. The number of aromatic nitrogens is 1. The molecule has 24 heavy (non-hydrogen) atoms. The number of thioether (sulfide) groups is 1. The third-order valence-corrected chi connectivity index (χ3v) is 5.52. The van der Waals surface area contributed by atoms with Gasteiger partial charge in [0, 0.05) is 10.5 Å². The third-order valence-electron chi connectivity index (χ3n) is 4.49. The molecule has 0 amide bonds. The molecule has 3 rings (SSSR count). The van der Waals surface area contributed by atoms with Gasteiger partial charge in [-0.2, -0.15) is 0 Å². The van der Waals surface area contributed by atoms with E-state index in [0.717, 1.165) is 5.69 Å². The molecule has 4 heteroatoms. The van der Waals surface area contributed by atoms with Crippen LogP contribution in [-0.4, -0.2) is 18.3 Å². The molecule has 1 aromatic heterocycles. The van der Waals surface area contributed by atoms with Crippen LogP contribution in [0.3, 0.4) is 0 Å². The number of halogens is 1. The number of hydrogen-bond donors (Lipinski definition) is 0. The Kier molecular flexibility index (Phi) is 5.85. The zero-order chi connectivity index (χ0) is 16.9. The van der Waals surface area contributed by atoms with Crippen molar-refractivity contribution in [2.24, 2.45) is 5.92 Å². The molecule has 0 N–H and O–H groups in total. The van der Waals surface area contributed by atoms with Crippen LogP contribution in [0.15, 0.2) is 47.4 Å². The van der Waals surface area contributed by atoms with Gasteiger partial charge in [0.25, 0.3) is 0 Å². The van der Waals surface area contributed by atoms with Gasteiger partial charge in [0.15, 0.2) is 0 Å². The Morgan fingerprint density at radius 2 is 1.88 bits per heavy atom. The highest BCUT2D eigenvalue weighted by Gasteiger charge is 2.17. The van der Waals surface area contributed by atoms with Gasteiger partial charge in [-0.25, -0.2) is 4.98 Å². The van der Waals surface area contributed by atoms with Gasteiger partial charge in [-0.15, -0.1) is 11.8 Å². The van der Waals surface area contributed by atoms with Crippen LogP contribution in [0.1, 0.15) is 36.9 Å². The Hall–Kier alpha value is -1.45. The van der Waals surface area contributed by atoms with Gasteiger partial charge in [0.05, 0.1) is 12.8 Å². The lowest BCUT2D eigenvalue weighted by Crippen LogP contribution is -1.98. The monoisotopic (exact) mass is 359 g/mol. The second kappa shape index (κ2) is 8.09. The molecule has 0 aliphatic heterocycles. The summed E-state index contributed by atoms with van der Waals surface area (Å²) < 4.78 is 5.30. The van der Waals surface area contributed by atoms with Crippen LogP contribution in [0.5, 0.6) is 5.88 Å². The number of methoxy groups -OCH3 is 1. The first-order chi connectivity index (χ1) is 11.7. The van der Waals surface area contributed by atoms with Crippen LogP contribution in [-0.2, 0) is 0 Å². The van der Waals surface area contributed by atoms with Gasteiger partial charge < -0.3 is 4.74 Å². The number of rotatable bonds is 5. The zero-order valence-electron chi connectivity index (χ0n) is 14.1. The Bertz CT molecular complexity index is 721. The van der Waals surface area contributed by atoms with Crippen LogP contribution in [0.4, 0.5) is 0 Å². The van der Waals surface area contributed by atoms with E-state index in [9.17, 15) is 0 Å². The fourth-order valence-corrected chi connectivity index (χ4v) is 3.77. The first-order valence-corrected chi connectivity index (χ1v) is 9.88. The maximum atomic E-state index is 6.15. The van der Waals surface area contributed by atoms with E-state index in [1.165, 1.54) is 41.7 Å².